The molecule has 1 heterocycles. The minimum Gasteiger partial charge on any atom is -0.497 e. The third kappa shape index (κ3) is 4.18. The van der Waals surface area contributed by atoms with Crippen molar-refractivity contribution in [1.82, 2.24) is 4.90 Å². The zero-order valence-corrected chi connectivity index (χ0v) is 16.5. The molecule has 0 saturated carbocycles. The molecule has 0 aliphatic carbocycles. The van der Waals surface area contributed by atoms with Crippen LogP contribution in [0.3, 0.4) is 0 Å². The maximum absolute atomic E-state index is 12.8. The third-order valence-corrected chi connectivity index (χ3v) is 5.05. The number of aryl methyl sites for hydroxylation is 2. The molecule has 1 atom stereocenters. The molecule has 1 amide bonds. The fraction of sp³-hybridized carbons (Fsp3) is 0.409. The van der Waals surface area contributed by atoms with Crippen LogP contribution in [0.1, 0.15) is 35.6 Å². The normalized spacial score (nSPS) is 16.3. The largest absolute Gasteiger partial charge is 0.497 e. The minimum atomic E-state index is -0.00431. The van der Waals surface area contributed by atoms with Crippen LogP contribution in [0.15, 0.2) is 36.4 Å². The SMILES string of the molecule is COc1ccc([C@H]2CCCN2C(=O)COc2ccc(C)cc2C)c(OC)c1. The molecule has 0 spiro atoms. The number of methoxy groups -OCH3 is 2. The maximum atomic E-state index is 12.8. The Bertz CT molecular complexity index is 818. The highest BCUT2D eigenvalue weighted by Crippen LogP contribution is 2.38. The Balaban J connectivity index is 1.73. The van der Waals surface area contributed by atoms with Gasteiger partial charge in [0.1, 0.15) is 17.2 Å². The van der Waals surface area contributed by atoms with Gasteiger partial charge in [-0.3, -0.25) is 4.79 Å². The van der Waals surface area contributed by atoms with Gasteiger partial charge >= 0.3 is 0 Å². The number of hydrogen-bond acceptors (Lipinski definition) is 4. The van der Waals surface area contributed by atoms with Gasteiger partial charge in [-0.15, -0.1) is 0 Å². The fourth-order valence-corrected chi connectivity index (χ4v) is 3.67. The van der Waals surface area contributed by atoms with E-state index in [0.717, 1.165) is 47.8 Å². The number of carbonyl (C=O) groups excluding carboxylic acids is 1. The van der Waals surface area contributed by atoms with Gasteiger partial charge in [0.15, 0.2) is 6.61 Å². The van der Waals surface area contributed by atoms with Crippen molar-refractivity contribution in [2.45, 2.75) is 32.7 Å². The Morgan fingerprint density at radius 3 is 2.59 bits per heavy atom. The van der Waals surface area contributed by atoms with E-state index in [4.69, 9.17) is 14.2 Å². The molecule has 3 rings (SSSR count). The predicted molar refractivity (Wildman–Crippen MR) is 105 cm³/mol. The maximum Gasteiger partial charge on any atom is 0.261 e. The van der Waals surface area contributed by atoms with Crippen molar-refractivity contribution in [3.05, 3.63) is 53.1 Å². The van der Waals surface area contributed by atoms with Gasteiger partial charge in [-0.25, -0.2) is 0 Å². The van der Waals surface area contributed by atoms with Crippen LogP contribution in [0.4, 0.5) is 0 Å². The van der Waals surface area contributed by atoms with Gasteiger partial charge in [-0.2, -0.15) is 0 Å². The quantitative estimate of drug-likeness (QED) is 0.770. The Kier molecular flexibility index (Phi) is 5.89. The number of amides is 1. The van der Waals surface area contributed by atoms with Gasteiger partial charge in [0.05, 0.1) is 20.3 Å². The van der Waals surface area contributed by atoms with E-state index in [0.29, 0.717) is 0 Å². The topological polar surface area (TPSA) is 48.0 Å². The molecule has 2 aromatic carbocycles. The average molecular weight is 369 g/mol. The van der Waals surface area contributed by atoms with Gasteiger partial charge in [-0.05, 0) is 50.5 Å². The zero-order valence-electron chi connectivity index (χ0n) is 16.5. The second-order valence-electron chi connectivity index (χ2n) is 6.91. The second-order valence-corrected chi connectivity index (χ2v) is 6.91. The van der Waals surface area contributed by atoms with E-state index in [-0.39, 0.29) is 18.6 Å². The van der Waals surface area contributed by atoms with E-state index in [1.54, 1.807) is 14.2 Å². The number of hydrogen-bond donors (Lipinski definition) is 0. The molecule has 27 heavy (non-hydrogen) atoms. The van der Waals surface area contributed by atoms with Crippen molar-refractivity contribution >= 4 is 5.91 Å². The predicted octanol–water partition coefficient (Wildman–Crippen LogP) is 4.06. The van der Waals surface area contributed by atoms with E-state index in [9.17, 15) is 4.79 Å². The molecule has 0 N–H and O–H groups in total. The van der Waals surface area contributed by atoms with Crippen LogP contribution in [0.2, 0.25) is 0 Å². The van der Waals surface area contributed by atoms with Gasteiger partial charge in [-0.1, -0.05) is 17.7 Å². The number of benzene rings is 2. The average Bonchev–Trinajstić information content (AvgIpc) is 3.16. The lowest BCUT2D eigenvalue weighted by molar-refractivity contribution is -0.134. The summed E-state index contributed by atoms with van der Waals surface area (Å²) in [5.74, 6) is 2.24. The highest BCUT2D eigenvalue weighted by Gasteiger charge is 2.32. The summed E-state index contributed by atoms with van der Waals surface area (Å²) in [6.07, 6.45) is 1.88. The van der Waals surface area contributed by atoms with Crippen LogP contribution < -0.4 is 14.2 Å². The third-order valence-electron chi connectivity index (χ3n) is 5.05. The standard InChI is InChI=1S/C22H27NO4/c1-15-7-10-20(16(2)12-15)27-14-22(24)23-11-5-6-19(23)18-9-8-17(25-3)13-21(18)26-4/h7-10,12-13,19H,5-6,11,14H2,1-4H3/t19-/m1/s1. The van der Waals surface area contributed by atoms with Gasteiger partial charge in [0, 0.05) is 18.2 Å². The molecule has 144 valence electrons. The molecule has 0 radical (unpaired) electrons. The van der Waals surface area contributed by atoms with E-state index < -0.39 is 0 Å². The van der Waals surface area contributed by atoms with Gasteiger partial charge in [0.2, 0.25) is 0 Å². The van der Waals surface area contributed by atoms with Crippen LogP contribution in [-0.4, -0.2) is 38.2 Å². The van der Waals surface area contributed by atoms with E-state index >= 15 is 0 Å². The summed E-state index contributed by atoms with van der Waals surface area (Å²) in [4.78, 5) is 14.7. The molecular formula is C22H27NO4. The van der Waals surface area contributed by atoms with Crippen molar-refractivity contribution in [2.75, 3.05) is 27.4 Å². The number of carbonyl (C=O) groups is 1. The van der Waals surface area contributed by atoms with Crippen LogP contribution >= 0.6 is 0 Å². The summed E-state index contributed by atoms with van der Waals surface area (Å²) in [6, 6.07) is 11.7. The summed E-state index contributed by atoms with van der Waals surface area (Å²) >= 11 is 0. The van der Waals surface area contributed by atoms with Crippen LogP contribution in [0.5, 0.6) is 17.2 Å². The first-order chi connectivity index (χ1) is 13.0. The smallest absolute Gasteiger partial charge is 0.261 e. The number of nitrogens with zero attached hydrogens (tertiary/aromatic N) is 1. The van der Waals surface area contributed by atoms with Crippen molar-refractivity contribution in [2.24, 2.45) is 0 Å². The lowest BCUT2D eigenvalue weighted by atomic mass is 10.0. The van der Waals surface area contributed by atoms with Crippen molar-refractivity contribution in [1.29, 1.82) is 0 Å². The Labute approximate surface area is 160 Å². The van der Waals surface area contributed by atoms with Gasteiger partial charge in [0.25, 0.3) is 5.91 Å². The summed E-state index contributed by atoms with van der Waals surface area (Å²) in [5.41, 5.74) is 3.23. The minimum absolute atomic E-state index is 0.000992. The molecule has 1 fully saturated rings. The monoisotopic (exact) mass is 369 g/mol. The summed E-state index contributed by atoms with van der Waals surface area (Å²) in [5, 5.41) is 0. The molecule has 0 aromatic heterocycles. The van der Waals surface area contributed by atoms with Crippen molar-refractivity contribution in [3.63, 3.8) is 0 Å². The Hall–Kier alpha value is -2.69. The first kappa shape index (κ1) is 19.1. The number of ether oxygens (including phenoxy) is 3. The molecule has 5 nitrogen and oxygen atoms in total. The molecule has 1 aliphatic heterocycles. The zero-order chi connectivity index (χ0) is 19.4. The van der Waals surface area contributed by atoms with E-state index in [1.807, 2.05) is 49.1 Å². The summed E-state index contributed by atoms with van der Waals surface area (Å²) in [6.45, 7) is 4.81. The first-order valence-electron chi connectivity index (χ1n) is 9.25. The molecule has 1 saturated heterocycles. The van der Waals surface area contributed by atoms with Gasteiger partial charge < -0.3 is 19.1 Å². The van der Waals surface area contributed by atoms with Crippen LogP contribution in [0.25, 0.3) is 0 Å². The number of rotatable bonds is 6. The lowest BCUT2D eigenvalue weighted by Crippen LogP contribution is -2.34. The van der Waals surface area contributed by atoms with E-state index in [2.05, 4.69) is 6.07 Å². The van der Waals surface area contributed by atoms with Crippen molar-refractivity contribution in [3.8, 4) is 17.2 Å². The highest BCUT2D eigenvalue weighted by atomic mass is 16.5. The first-order valence-corrected chi connectivity index (χ1v) is 9.25. The molecular weight excluding hydrogens is 342 g/mol. The van der Waals surface area contributed by atoms with E-state index in [1.165, 1.54) is 5.56 Å². The Morgan fingerprint density at radius 1 is 1.07 bits per heavy atom. The molecule has 1 aliphatic rings. The second kappa shape index (κ2) is 8.33. The Morgan fingerprint density at radius 2 is 1.89 bits per heavy atom. The van der Waals surface area contributed by atoms with Crippen LogP contribution in [-0.2, 0) is 4.79 Å². The highest BCUT2D eigenvalue weighted by molar-refractivity contribution is 5.78. The summed E-state index contributed by atoms with van der Waals surface area (Å²) in [7, 11) is 3.27. The molecule has 2 aromatic rings. The van der Waals surface area contributed by atoms with Crippen molar-refractivity contribution < 1.29 is 19.0 Å². The number of likely N-dealkylation sites (tertiary alicyclic amines) is 1. The molecule has 0 bridgehead atoms. The fourth-order valence-electron chi connectivity index (χ4n) is 3.67. The molecule has 5 heteroatoms. The van der Waals surface area contributed by atoms with Crippen LogP contribution in [0, 0.1) is 13.8 Å². The lowest BCUT2D eigenvalue weighted by Gasteiger charge is -2.26. The molecule has 0 unspecified atom stereocenters. The summed E-state index contributed by atoms with van der Waals surface area (Å²) < 4.78 is 16.6.